The van der Waals surface area contributed by atoms with Crippen LogP contribution in [0.5, 0.6) is 5.75 Å². The van der Waals surface area contributed by atoms with Gasteiger partial charge in [-0.3, -0.25) is 9.78 Å². The number of carboxylic acid groups (broad SMARTS) is 1. The summed E-state index contributed by atoms with van der Waals surface area (Å²) in [6.07, 6.45) is 10.5. The molecule has 0 fully saturated rings. The number of nitrogens with zero attached hydrogens (tertiary/aromatic N) is 1. The van der Waals surface area contributed by atoms with Crippen molar-refractivity contribution in [3.63, 3.8) is 0 Å². The van der Waals surface area contributed by atoms with Crippen LogP contribution in [-0.4, -0.2) is 46.6 Å². The zero-order valence-electron chi connectivity index (χ0n) is 20.9. The Labute approximate surface area is 216 Å². The van der Waals surface area contributed by atoms with Gasteiger partial charge in [0, 0.05) is 23.5 Å². The minimum Gasteiger partial charge on any atom is -0.493 e. The third-order valence-electron chi connectivity index (χ3n) is 5.66. The molecule has 188 valence electrons. The Morgan fingerprint density at radius 1 is 1.14 bits per heavy atom. The number of hydrogen-bond donors (Lipinski definition) is 2. The first-order valence-corrected chi connectivity index (χ1v) is 13.3. The van der Waals surface area contributed by atoms with Crippen LogP contribution in [0.4, 0.5) is 0 Å². The number of carboxylic acids is 1. The highest BCUT2D eigenvalue weighted by Gasteiger charge is 2.22. The van der Waals surface area contributed by atoms with E-state index in [4.69, 9.17) is 4.74 Å². The van der Waals surface area contributed by atoms with Crippen LogP contribution in [0.2, 0.25) is 0 Å². The summed E-state index contributed by atoms with van der Waals surface area (Å²) in [5.41, 5.74) is 4.88. The molecular formula is C29H32N2O4S. The van der Waals surface area contributed by atoms with E-state index in [-0.39, 0.29) is 0 Å². The van der Waals surface area contributed by atoms with Gasteiger partial charge >= 0.3 is 5.97 Å². The first-order chi connectivity index (χ1) is 17.4. The van der Waals surface area contributed by atoms with Crippen LogP contribution in [0.1, 0.15) is 46.8 Å². The number of pyridine rings is 1. The zero-order valence-corrected chi connectivity index (χ0v) is 21.7. The van der Waals surface area contributed by atoms with E-state index in [1.165, 1.54) is 0 Å². The standard InChI is InChI=1S/C29H32N2O4S/c1-4-16-35-27-13-15-30-19-22(27)11-9-21-10-12-24(25(18-21)23-8-6-5-7-20(23)2)28(32)31-26(29(33)34)14-17-36-3/h5-13,15,18-19,26H,4,14,16-17H2,1-3H3,(H,31,32)(H,33,34)/t26-/m0/s1. The van der Waals surface area contributed by atoms with Crippen LogP contribution >= 0.6 is 11.8 Å². The Morgan fingerprint density at radius 3 is 2.67 bits per heavy atom. The van der Waals surface area contributed by atoms with Crippen molar-refractivity contribution in [3.05, 3.63) is 83.2 Å². The van der Waals surface area contributed by atoms with Crippen LogP contribution in [-0.2, 0) is 4.79 Å². The van der Waals surface area contributed by atoms with Gasteiger partial charge in [0.1, 0.15) is 11.8 Å². The van der Waals surface area contributed by atoms with E-state index in [1.807, 2.05) is 67.8 Å². The Bertz CT molecular complexity index is 1230. The molecule has 3 rings (SSSR count). The summed E-state index contributed by atoms with van der Waals surface area (Å²) in [7, 11) is 0. The number of carbonyl (C=O) groups is 2. The van der Waals surface area contributed by atoms with E-state index >= 15 is 0 Å². The monoisotopic (exact) mass is 504 g/mol. The van der Waals surface area contributed by atoms with Gasteiger partial charge in [-0.15, -0.1) is 0 Å². The lowest BCUT2D eigenvalue weighted by molar-refractivity contribution is -0.139. The van der Waals surface area contributed by atoms with E-state index in [9.17, 15) is 14.7 Å². The Morgan fingerprint density at radius 2 is 1.94 bits per heavy atom. The van der Waals surface area contributed by atoms with Gasteiger partial charge in [0.15, 0.2) is 0 Å². The maximum absolute atomic E-state index is 13.2. The maximum Gasteiger partial charge on any atom is 0.326 e. The average molecular weight is 505 g/mol. The van der Waals surface area contributed by atoms with Crippen molar-refractivity contribution < 1.29 is 19.4 Å². The molecule has 2 N–H and O–H groups in total. The van der Waals surface area contributed by atoms with E-state index in [0.717, 1.165) is 40.0 Å². The summed E-state index contributed by atoms with van der Waals surface area (Å²) < 4.78 is 5.82. The van der Waals surface area contributed by atoms with Crippen molar-refractivity contribution in [1.82, 2.24) is 10.3 Å². The summed E-state index contributed by atoms with van der Waals surface area (Å²) in [6, 6.07) is 14.3. The van der Waals surface area contributed by atoms with E-state index < -0.39 is 17.9 Å². The van der Waals surface area contributed by atoms with Gasteiger partial charge in [-0.25, -0.2) is 4.79 Å². The van der Waals surface area contributed by atoms with E-state index in [1.54, 1.807) is 30.2 Å². The highest BCUT2D eigenvalue weighted by Crippen LogP contribution is 2.29. The molecule has 1 atom stereocenters. The van der Waals surface area contributed by atoms with Crippen LogP contribution < -0.4 is 10.1 Å². The van der Waals surface area contributed by atoms with Crippen molar-refractivity contribution in [2.24, 2.45) is 0 Å². The quantitative estimate of drug-likeness (QED) is 0.317. The number of rotatable bonds is 12. The number of aromatic nitrogens is 1. The van der Waals surface area contributed by atoms with Gasteiger partial charge in [-0.05, 0) is 78.3 Å². The maximum atomic E-state index is 13.2. The molecule has 0 aliphatic carbocycles. The van der Waals surface area contributed by atoms with Crippen LogP contribution in [0.25, 0.3) is 23.3 Å². The van der Waals surface area contributed by atoms with Gasteiger partial charge in [0.05, 0.1) is 6.61 Å². The zero-order chi connectivity index (χ0) is 25.9. The first kappa shape index (κ1) is 27.0. The van der Waals surface area contributed by atoms with Gasteiger partial charge in [0.2, 0.25) is 0 Å². The van der Waals surface area contributed by atoms with E-state index in [2.05, 4.69) is 17.2 Å². The van der Waals surface area contributed by atoms with Gasteiger partial charge in [0.25, 0.3) is 5.91 Å². The van der Waals surface area contributed by atoms with Gasteiger partial charge < -0.3 is 15.2 Å². The number of amides is 1. The number of benzene rings is 2. The minimum atomic E-state index is -1.04. The molecule has 0 aliphatic heterocycles. The van der Waals surface area contributed by atoms with Crippen molar-refractivity contribution in [2.75, 3.05) is 18.6 Å². The fraction of sp³-hybridized carbons (Fsp3) is 0.276. The molecule has 0 unspecified atom stereocenters. The molecule has 0 aliphatic rings. The predicted molar refractivity (Wildman–Crippen MR) is 147 cm³/mol. The molecule has 1 aromatic heterocycles. The molecule has 3 aromatic rings. The number of ether oxygens (including phenoxy) is 1. The molecule has 0 saturated carbocycles. The van der Waals surface area contributed by atoms with Gasteiger partial charge in [-0.2, -0.15) is 11.8 Å². The molecule has 36 heavy (non-hydrogen) atoms. The lowest BCUT2D eigenvalue weighted by atomic mass is 9.93. The van der Waals surface area contributed by atoms with Crippen LogP contribution in [0.3, 0.4) is 0 Å². The third kappa shape index (κ3) is 7.21. The molecule has 7 heteroatoms. The minimum absolute atomic E-state index is 0.357. The fourth-order valence-electron chi connectivity index (χ4n) is 3.74. The lowest BCUT2D eigenvalue weighted by Gasteiger charge is -2.17. The normalized spacial score (nSPS) is 11.9. The summed E-state index contributed by atoms with van der Waals surface area (Å²) in [6.45, 7) is 4.67. The SMILES string of the molecule is CCCOc1ccncc1C=Cc1ccc(C(=O)N[C@@H](CCSC)C(=O)O)c(-c2ccccc2C)c1. The Kier molecular flexibility index (Phi) is 10.1. The highest BCUT2D eigenvalue weighted by molar-refractivity contribution is 7.98. The van der Waals surface area contributed by atoms with Crippen molar-refractivity contribution in [1.29, 1.82) is 0 Å². The second-order valence-corrected chi connectivity index (χ2v) is 9.35. The lowest BCUT2D eigenvalue weighted by Crippen LogP contribution is -2.41. The largest absolute Gasteiger partial charge is 0.493 e. The van der Waals surface area contributed by atoms with Crippen molar-refractivity contribution in [2.45, 2.75) is 32.7 Å². The number of nitrogens with one attached hydrogen (secondary N) is 1. The predicted octanol–water partition coefficient (Wildman–Crippen LogP) is 5.95. The summed E-state index contributed by atoms with van der Waals surface area (Å²) in [5.74, 6) is -0.0286. The van der Waals surface area contributed by atoms with Crippen LogP contribution in [0.15, 0.2) is 60.9 Å². The number of aliphatic carboxylic acids is 1. The van der Waals surface area contributed by atoms with Crippen molar-refractivity contribution >= 4 is 35.8 Å². The Hall–Kier alpha value is -3.58. The highest BCUT2D eigenvalue weighted by atomic mass is 32.2. The second kappa shape index (κ2) is 13.5. The topological polar surface area (TPSA) is 88.5 Å². The first-order valence-electron chi connectivity index (χ1n) is 11.9. The summed E-state index contributed by atoms with van der Waals surface area (Å²) in [4.78, 5) is 29.1. The van der Waals surface area contributed by atoms with Crippen LogP contribution in [0, 0.1) is 6.92 Å². The number of carbonyl (C=O) groups excluding carboxylic acids is 1. The fourth-order valence-corrected chi connectivity index (χ4v) is 4.21. The molecular weight excluding hydrogens is 472 g/mol. The number of aryl methyl sites for hydroxylation is 1. The average Bonchev–Trinajstić information content (AvgIpc) is 2.89. The molecule has 0 radical (unpaired) electrons. The number of hydrogen-bond acceptors (Lipinski definition) is 5. The number of thioether (sulfide) groups is 1. The second-order valence-electron chi connectivity index (χ2n) is 8.36. The molecule has 2 aromatic carbocycles. The molecule has 1 amide bonds. The molecule has 1 heterocycles. The molecule has 6 nitrogen and oxygen atoms in total. The molecule has 0 bridgehead atoms. The molecule has 0 saturated heterocycles. The Balaban J connectivity index is 1.97. The molecule has 0 spiro atoms. The van der Waals surface area contributed by atoms with E-state index in [0.29, 0.717) is 24.3 Å². The van der Waals surface area contributed by atoms with Crippen molar-refractivity contribution in [3.8, 4) is 16.9 Å². The summed E-state index contributed by atoms with van der Waals surface area (Å²) in [5, 5.41) is 12.3. The third-order valence-corrected chi connectivity index (χ3v) is 6.31. The summed E-state index contributed by atoms with van der Waals surface area (Å²) >= 11 is 1.55. The van der Waals surface area contributed by atoms with Gasteiger partial charge in [-0.1, -0.05) is 43.3 Å². The smallest absolute Gasteiger partial charge is 0.326 e.